The monoisotopic (exact) mass is 539 g/mol. The van der Waals surface area contributed by atoms with E-state index in [9.17, 15) is 19.2 Å². The minimum atomic E-state index is -0.964. The van der Waals surface area contributed by atoms with Crippen LogP contribution < -0.4 is 16.2 Å². The molecule has 2 aromatic heterocycles. The third-order valence-corrected chi connectivity index (χ3v) is 6.30. The van der Waals surface area contributed by atoms with E-state index in [1.165, 1.54) is 7.11 Å². The molecule has 0 aliphatic rings. The molecule has 1 aromatic carbocycles. The SMILES string of the molecule is CCNc1nc2c(c(CCc3ccc(C(=O)N[C@@H](CCC(=O)OC)C(=O)OCC)cc3)cn2C(C)C)c(=O)[nH]1. The summed E-state index contributed by atoms with van der Waals surface area (Å²) in [6.07, 6.45) is 3.30. The zero-order valence-corrected chi connectivity index (χ0v) is 23.1. The fourth-order valence-electron chi connectivity index (χ4n) is 4.26. The molecule has 11 heteroatoms. The lowest BCUT2D eigenvalue weighted by molar-refractivity contribution is -0.146. The van der Waals surface area contributed by atoms with Crippen molar-refractivity contribution >= 4 is 34.8 Å². The molecule has 0 spiro atoms. The normalized spacial score (nSPS) is 11.8. The van der Waals surface area contributed by atoms with Crippen LogP contribution in [0.15, 0.2) is 35.3 Å². The standard InChI is InChI=1S/C28H37N5O6/c1-6-29-28-31-24-23(26(36)32-28)20(16-33(24)17(3)4)13-10-18-8-11-19(12-9-18)25(35)30-21(27(37)39-7-2)14-15-22(34)38-5/h8-9,11-12,16-17,21H,6-7,10,13-15H2,1-5H3,(H,30,35)(H2,29,31,32,36)/t21-/m0/s1. The number of rotatable bonds is 13. The second kappa shape index (κ2) is 13.6. The van der Waals surface area contributed by atoms with Crippen LogP contribution in [0.2, 0.25) is 0 Å². The number of carbonyl (C=O) groups is 3. The molecule has 0 aliphatic heterocycles. The van der Waals surface area contributed by atoms with E-state index >= 15 is 0 Å². The number of aromatic nitrogens is 3. The van der Waals surface area contributed by atoms with Gasteiger partial charge in [-0.15, -0.1) is 0 Å². The van der Waals surface area contributed by atoms with E-state index in [4.69, 9.17) is 4.74 Å². The molecule has 0 unspecified atom stereocenters. The van der Waals surface area contributed by atoms with Gasteiger partial charge in [-0.3, -0.25) is 19.4 Å². The molecule has 39 heavy (non-hydrogen) atoms. The number of H-pyrrole nitrogens is 1. The van der Waals surface area contributed by atoms with Gasteiger partial charge in [0, 0.05) is 30.8 Å². The van der Waals surface area contributed by atoms with Crippen LogP contribution in [0.25, 0.3) is 11.0 Å². The lowest BCUT2D eigenvalue weighted by Gasteiger charge is -2.17. The molecule has 11 nitrogen and oxygen atoms in total. The van der Waals surface area contributed by atoms with Gasteiger partial charge in [-0.05, 0) is 70.2 Å². The van der Waals surface area contributed by atoms with Gasteiger partial charge in [0.1, 0.15) is 11.7 Å². The van der Waals surface area contributed by atoms with E-state index in [0.717, 1.165) is 11.1 Å². The quantitative estimate of drug-likeness (QED) is 0.281. The summed E-state index contributed by atoms with van der Waals surface area (Å²) in [6.45, 7) is 8.51. The van der Waals surface area contributed by atoms with E-state index in [1.807, 2.05) is 43.7 Å². The van der Waals surface area contributed by atoms with E-state index in [-0.39, 0.29) is 31.0 Å². The summed E-state index contributed by atoms with van der Waals surface area (Å²) in [5.74, 6) is -1.08. The number of aromatic amines is 1. The number of hydrogen-bond acceptors (Lipinski definition) is 8. The molecule has 0 fully saturated rings. The number of nitrogens with one attached hydrogen (secondary N) is 3. The van der Waals surface area contributed by atoms with Crippen molar-refractivity contribution in [2.75, 3.05) is 25.6 Å². The Hall–Kier alpha value is -4.15. The van der Waals surface area contributed by atoms with E-state index in [0.29, 0.717) is 41.9 Å². The number of methoxy groups -OCH3 is 1. The smallest absolute Gasteiger partial charge is 0.328 e. The second-order valence-electron chi connectivity index (χ2n) is 9.39. The Bertz CT molecular complexity index is 1360. The number of fused-ring (bicyclic) bond motifs is 1. The van der Waals surface area contributed by atoms with Gasteiger partial charge in [0.05, 0.1) is 19.1 Å². The number of hydrogen-bond donors (Lipinski definition) is 3. The van der Waals surface area contributed by atoms with Gasteiger partial charge in [-0.1, -0.05) is 12.1 Å². The van der Waals surface area contributed by atoms with Crippen LogP contribution in [0.5, 0.6) is 0 Å². The van der Waals surface area contributed by atoms with Gasteiger partial charge in [-0.25, -0.2) is 4.79 Å². The molecule has 1 amide bonds. The Balaban J connectivity index is 1.72. The van der Waals surface area contributed by atoms with Crippen molar-refractivity contribution in [2.45, 2.75) is 65.5 Å². The fraction of sp³-hybridized carbons (Fsp3) is 0.464. The highest BCUT2D eigenvalue weighted by Gasteiger charge is 2.24. The van der Waals surface area contributed by atoms with Gasteiger partial charge >= 0.3 is 11.9 Å². The Morgan fingerprint density at radius 3 is 2.44 bits per heavy atom. The van der Waals surface area contributed by atoms with Crippen LogP contribution in [0, 0.1) is 0 Å². The van der Waals surface area contributed by atoms with Crippen molar-refractivity contribution in [3.05, 3.63) is 57.5 Å². The van der Waals surface area contributed by atoms with Gasteiger partial charge in [0.2, 0.25) is 5.95 Å². The molecular weight excluding hydrogens is 502 g/mol. The summed E-state index contributed by atoms with van der Waals surface area (Å²) < 4.78 is 11.7. The van der Waals surface area contributed by atoms with Crippen LogP contribution in [-0.4, -0.2) is 58.7 Å². The van der Waals surface area contributed by atoms with Crippen molar-refractivity contribution < 1.29 is 23.9 Å². The molecule has 3 rings (SSSR count). The second-order valence-corrected chi connectivity index (χ2v) is 9.39. The molecule has 0 saturated heterocycles. The molecular formula is C28H37N5O6. The Kier molecular flexibility index (Phi) is 10.2. The summed E-state index contributed by atoms with van der Waals surface area (Å²) in [5, 5.41) is 6.30. The Labute approximate surface area is 227 Å². The zero-order valence-electron chi connectivity index (χ0n) is 23.1. The maximum Gasteiger partial charge on any atom is 0.328 e. The number of nitrogens with zero attached hydrogens (tertiary/aromatic N) is 2. The lowest BCUT2D eigenvalue weighted by atomic mass is 10.0. The highest BCUT2D eigenvalue weighted by Crippen LogP contribution is 2.23. The van der Waals surface area contributed by atoms with Crippen molar-refractivity contribution in [2.24, 2.45) is 0 Å². The van der Waals surface area contributed by atoms with Crippen LogP contribution in [0.3, 0.4) is 0 Å². The minimum absolute atomic E-state index is 0.0266. The maximum absolute atomic E-state index is 12.9. The predicted octanol–water partition coefficient (Wildman–Crippen LogP) is 3.14. The molecule has 0 bridgehead atoms. The minimum Gasteiger partial charge on any atom is -0.469 e. The average molecular weight is 540 g/mol. The molecule has 0 aliphatic carbocycles. The number of ether oxygens (including phenoxy) is 2. The summed E-state index contributed by atoms with van der Waals surface area (Å²) in [4.78, 5) is 56.9. The van der Waals surface area contributed by atoms with Crippen molar-refractivity contribution in [3.63, 3.8) is 0 Å². The van der Waals surface area contributed by atoms with Gasteiger partial charge in [0.15, 0.2) is 0 Å². The molecule has 3 aromatic rings. The lowest BCUT2D eigenvalue weighted by Crippen LogP contribution is -2.42. The summed E-state index contributed by atoms with van der Waals surface area (Å²) in [5.41, 5.74) is 2.73. The number of aryl methyl sites for hydroxylation is 2. The van der Waals surface area contributed by atoms with E-state index in [1.54, 1.807) is 19.1 Å². The fourth-order valence-corrected chi connectivity index (χ4v) is 4.26. The third kappa shape index (κ3) is 7.46. The number of benzene rings is 1. The van der Waals surface area contributed by atoms with Crippen LogP contribution in [0.4, 0.5) is 5.95 Å². The van der Waals surface area contributed by atoms with Gasteiger partial charge in [0.25, 0.3) is 11.5 Å². The van der Waals surface area contributed by atoms with E-state index < -0.39 is 23.9 Å². The first-order chi connectivity index (χ1) is 18.7. The largest absolute Gasteiger partial charge is 0.469 e. The topological polar surface area (TPSA) is 144 Å². The molecule has 0 radical (unpaired) electrons. The molecule has 1 atom stereocenters. The Morgan fingerprint density at radius 1 is 1.10 bits per heavy atom. The van der Waals surface area contributed by atoms with Crippen molar-refractivity contribution in [1.29, 1.82) is 0 Å². The van der Waals surface area contributed by atoms with Gasteiger partial charge in [-0.2, -0.15) is 4.98 Å². The molecule has 2 heterocycles. The van der Waals surface area contributed by atoms with Crippen molar-refractivity contribution in [1.82, 2.24) is 19.9 Å². The third-order valence-electron chi connectivity index (χ3n) is 6.30. The van der Waals surface area contributed by atoms with Crippen molar-refractivity contribution in [3.8, 4) is 0 Å². The van der Waals surface area contributed by atoms with Gasteiger partial charge < -0.3 is 24.7 Å². The number of esters is 2. The highest BCUT2D eigenvalue weighted by atomic mass is 16.5. The molecule has 0 saturated carbocycles. The summed E-state index contributed by atoms with van der Waals surface area (Å²) >= 11 is 0. The number of carbonyl (C=O) groups excluding carboxylic acids is 3. The highest BCUT2D eigenvalue weighted by molar-refractivity contribution is 5.97. The average Bonchev–Trinajstić information content (AvgIpc) is 3.29. The van der Waals surface area contributed by atoms with Crippen LogP contribution in [0.1, 0.15) is 68.1 Å². The maximum atomic E-state index is 12.9. The number of anilines is 1. The van der Waals surface area contributed by atoms with Crippen LogP contribution >= 0.6 is 0 Å². The predicted molar refractivity (Wildman–Crippen MR) is 148 cm³/mol. The zero-order chi connectivity index (χ0) is 28.5. The first kappa shape index (κ1) is 29.4. The Morgan fingerprint density at radius 2 is 1.82 bits per heavy atom. The summed E-state index contributed by atoms with van der Waals surface area (Å²) in [7, 11) is 1.26. The first-order valence-corrected chi connectivity index (χ1v) is 13.2. The van der Waals surface area contributed by atoms with Crippen LogP contribution in [-0.2, 0) is 31.9 Å². The molecule has 3 N–H and O–H groups in total. The van der Waals surface area contributed by atoms with E-state index in [2.05, 4.69) is 25.3 Å². The summed E-state index contributed by atoms with van der Waals surface area (Å²) in [6, 6.07) is 6.22. The first-order valence-electron chi connectivity index (χ1n) is 13.2. The molecule has 210 valence electrons. The number of amides is 1.